The first-order valence-corrected chi connectivity index (χ1v) is 12.0. The van der Waals surface area contributed by atoms with Crippen molar-refractivity contribution >= 4 is 17.9 Å². The van der Waals surface area contributed by atoms with Crippen LogP contribution in [0.15, 0.2) is 36.4 Å². The van der Waals surface area contributed by atoms with E-state index in [0.717, 1.165) is 37.5 Å². The number of halogens is 2. The molecule has 0 aliphatic carbocycles. The summed E-state index contributed by atoms with van der Waals surface area (Å²) in [4.78, 5) is 36.0. The van der Waals surface area contributed by atoms with Gasteiger partial charge in [0.15, 0.2) is 11.6 Å². The zero-order chi connectivity index (χ0) is 25.6. The molecule has 35 heavy (non-hydrogen) atoms. The van der Waals surface area contributed by atoms with E-state index in [4.69, 9.17) is 14.2 Å². The van der Waals surface area contributed by atoms with Gasteiger partial charge < -0.3 is 14.2 Å². The highest BCUT2D eigenvalue weighted by atomic mass is 19.1. The Kier molecular flexibility index (Phi) is 11.9. The smallest absolute Gasteiger partial charge is 0.343 e. The molecule has 2 rings (SSSR count). The maximum Gasteiger partial charge on any atom is 0.343 e. The SMILES string of the molecule is CCCCCCCCCCC(=O)Oc1ccc(C(=O)Oc2ccc(C(=O)OCC)c(F)c2)cc1F. The van der Waals surface area contributed by atoms with Crippen LogP contribution in [0.1, 0.15) is 92.4 Å². The summed E-state index contributed by atoms with van der Waals surface area (Å²) in [5, 5.41) is 0. The Morgan fingerprint density at radius 3 is 2.06 bits per heavy atom. The average Bonchev–Trinajstić information content (AvgIpc) is 2.82. The molecule has 0 unspecified atom stereocenters. The fourth-order valence-corrected chi connectivity index (χ4v) is 3.39. The van der Waals surface area contributed by atoms with Crippen LogP contribution in [0.5, 0.6) is 11.5 Å². The molecule has 0 aromatic heterocycles. The van der Waals surface area contributed by atoms with Gasteiger partial charge in [0.2, 0.25) is 0 Å². The molecule has 0 heterocycles. The number of rotatable bonds is 14. The Hall–Kier alpha value is -3.29. The van der Waals surface area contributed by atoms with E-state index < -0.39 is 29.5 Å². The third kappa shape index (κ3) is 9.47. The summed E-state index contributed by atoms with van der Waals surface area (Å²) in [5.41, 5.74) is -0.448. The fraction of sp³-hybridized carbons (Fsp3) is 0.444. The van der Waals surface area contributed by atoms with Crippen LogP contribution in [-0.2, 0) is 9.53 Å². The lowest BCUT2D eigenvalue weighted by Gasteiger charge is -2.09. The van der Waals surface area contributed by atoms with Crippen LogP contribution in [0.3, 0.4) is 0 Å². The lowest BCUT2D eigenvalue weighted by molar-refractivity contribution is -0.134. The van der Waals surface area contributed by atoms with Gasteiger partial charge >= 0.3 is 17.9 Å². The largest absolute Gasteiger partial charge is 0.462 e. The molecule has 0 aliphatic rings. The van der Waals surface area contributed by atoms with E-state index in [9.17, 15) is 23.2 Å². The zero-order valence-electron chi connectivity index (χ0n) is 20.2. The third-order valence-corrected chi connectivity index (χ3v) is 5.27. The maximum atomic E-state index is 14.4. The number of carbonyl (C=O) groups excluding carboxylic acids is 3. The molecule has 0 atom stereocenters. The summed E-state index contributed by atoms with van der Waals surface area (Å²) in [6, 6.07) is 6.51. The van der Waals surface area contributed by atoms with Gasteiger partial charge in [-0.1, -0.05) is 51.9 Å². The van der Waals surface area contributed by atoms with Gasteiger partial charge in [-0.2, -0.15) is 0 Å². The molecular formula is C27H32F2O6. The quantitative estimate of drug-likeness (QED) is 0.165. The van der Waals surface area contributed by atoms with Crippen molar-refractivity contribution in [2.75, 3.05) is 6.61 Å². The number of hydrogen-bond acceptors (Lipinski definition) is 6. The standard InChI is InChI=1S/C27H32F2O6/c1-3-5-6-7-8-9-10-11-12-25(30)35-24-16-13-19(17-23(24)29)26(31)34-20-14-15-21(22(28)18-20)27(32)33-4-2/h13-18H,3-12H2,1-2H3. The van der Waals surface area contributed by atoms with Gasteiger partial charge in [0.1, 0.15) is 11.6 Å². The zero-order valence-corrected chi connectivity index (χ0v) is 20.2. The summed E-state index contributed by atoms with van der Waals surface area (Å²) >= 11 is 0. The van der Waals surface area contributed by atoms with E-state index in [1.807, 2.05) is 0 Å². The highest BCUT2D eigenvalue weighted by Crippen LogP contribution is 2.22. The van der Waals surface area contributed by atoms with Crippen LogP contribution in [0.4, 0.5) is 8.78 Å². The van der Waals surface area contributed by atoms with Crippen LogP contribution in [0.2, 0.25) is 0 Å². The Bertz CT molecular complexity index is 1010. The van der Waals surface area contributed by atoms with Gasteiger partial charge in [-0.25, -0.2) is 18.4 Å². The van der Waals surface area contributed by atoms with E-state index in [1.54, 1.807) is 6.92 Å². The van der Waals surface area contributed by atoms with E-state index in [0.29, 0.717) is 6.42 Å². The minimum Gasteiger partial charge on any atom is -0.462 e. The molecule has 0 N–H and O–H groups in total. The first-order valence-electron chi connectivity index (χ1n) is 12.0. The minimum absolute atomic E-state index is 0.0884. The topological polar surface area (TPSA) is 78.9 Å². The second-order valence-corrected chi connectivity index (χ2v) is 8.10. The predicted octanol–water partition coefficient (Wildman–Crippen LogP) is 6.80. The maximum absolute atomic E-state index is 14.4. The fourth-order valence-electron chi connectivity index (χ4n) is 3.39. The molecule has 0 bridgehead atoms. The average molecular weight is 491 g/mol. The Balaban J connectivity index is 1.84. The number of esters is 3. The summed E-state index contributed by atoms with van der Waals surface area (Å²) in [6.45, 7) is 3.85. The van der Waals surface area contributed by atoms with E-state index in [1.165, 1.54) is 43.9 Å². The van der Waals surface area contributed by atoms with Crippen molar-refractivity contribution in [2.24, 2.45) is 0 Å². The molecule has 6 nitrogen and oxygen atoms in total. The minimum atomic E-state index is -0.941. The highest BCUT2D eigenvalue weighted by Gasteiger charge is 2.17. The van der Waals surface area contributed by atoms with Gasteiger partial charge in [-0.05, 0) is 43.7 Å². The lowest BCUT2D eigenvalue weighted by atomic mass is 10.1. The van der Waals surface area contributed by atoms with Gasteiger partial charge in [0, 0.05) is 12.5 Å². The Morgan fingerprint density at radius 1 is 0.743 bits per heavy atom. The van der Waals surface area contributed by atoms with Crippen molar-refractivity contribution in [3.63, 3.8) is 0 Å². The molecule has 0 aliphatic heterocycles. The monoisotopic (exact) mass is 490 g/mol. The Morgan fingerprint density at radius 2 is 1.43 bits per heavy atom. The van der Waals surface area contributed by atoms with Crippen LogP contribution < -0.4 is 9.47 Å². The summed E-state index contributed by atoms with van der Waals surface area (Å²) < 4.78 is 43.3. The van der Waals surface area contributed by atoms with Gasteiger partial charge in [0.05, 0.1) is 17.7 Å². The summed E-state index contributed by atoms with van der Waals surface area (Å²) in [7, 11) is 0. The van der Waals surface area contributed by atoms with Crippen molar-refractivity contribution < 1.29 is 37.4 Å². The molecular weight excluding hydrogens is 458 g/mol. The molecule has 0 spiro atoms. The van der Waals surface area contributed by atoms with Crippen LogP contribution >= 0.6 is 0 Å². The summed E-state index contributed by atoms with van der Waals surface area (Å²) in [6.07, 6.45) is 8.85. The molecule has 0 radical (unpaired) electrons. The molecule has 2 aromatic carbocycles. The van der Waals surface area contributed by atoms with Crippen molar-refractivity contribution in [3.05, 3.63) is 59.2 Å². The van der Waals surface area contributed by atoms with Gasteiger partial charge in [-0.3, -0.25) is 4.79 Å². The second-order valence-electron chi connectivity index (χ2n) is 8.10. The molecule has 0 amide bonds. The summed E-state index contributed by atoms with van der Waals surface area (Å²) in [5.74, 6) is -4.58. The van der Waals surface area contributed by atoms with Crippen LogP contribution in [-0.4, -0.2) is 24.5 Å². The molecule has 0 saturated carbocycles. The first kappa shape index (κ1) is 28.0. The van der Waals surface area contributed by atoms with Crippen molar-refractivity contribution in [1.82, 2.24) is 0 Å². The Labute approximate surface area is 204 Å². The molecule has 2 aromatic rings. The van der Waals surface area contributed by atoms with Crippen molar-refractivity contribution in [3.8, 4) is 11.5 Å². The van der Waals surface area contributed by atoms with Gasteiger partial charge in [0.25, 0.3) is 0 Å². The predicted molar refractivity (Wildman–Crippen MR) is 127 cm³/mol. The molecule has 0 saturated heterocycles. The number of hydrogen-bond donors (Lipinski definition) is 0. The normalized spacial score (nSPS) is 10.6. The van der Waals surface area contributed by atoms with Crippen molar-refractivity contribution in [1.29, 1.82) is 0 Å². The number of benzene rings is 2. The lowest BCUT2D eigenvalue weighted by Crippen LogP contribution is -2.12. The molecule has 0 fully saturated rings. The van der Waals surface area contributed by atoms with Crippen molar-refractivity contribution in [2.45, 2.75) is 71.6 Å². The third-order valence-electron chi connectivity index (χ3n) is 5.27. The first-order chi connectivity index (χ1) is 16.8. The molecule has 8 heteroatoms. The second kappa shape index (κ2) is 14.9. The van der Waals surface area contributed by atoms with E-state index in [2.05, 4.69) is 6.92 Å². The van der Waals surface area contributed by atoms with E-state index >= 15 is 0 Å². The molecule has 190 valence electrons. The van der Waals surface area contributed by atoms with Gasteiger partial charge in [-0.15, -0.1) is 0 Å². The number of unbranched alkanes of at least 4 members (excludes halogenated alkanes) is 7. The van der Waals surface area contributed by atoms with Crippen LogP contribution in [0.25, 0.3) is 0 Å². The van der Waals surface area contributed by atoms with Crippen LogP contribution in [0, 0.1) is 11.6 Å². The number of ether oxygens (including phenoxy) is 3. The van der Waals surface area contributed by atoms with E-state index in [-0.39, 0.29) is 35.7 Å². The highest BCUT2D eigenvalue weighted by molar-refractivity contribution is 5.92. The number of carbonyl (C=O) groups is 3.